The van der Waals surface area contributed by atoms with Gasteiger partial charge in [-0.25, -0.2) is 8.42 Å². The van der Waals surface area contributed by atoms with Crippen LogP contribution >= 0.6 is 15.9 Å². The molecule has 0 radical (unpaired) electrons. The number of hydrogen-bond acceptors (Lipinski definition) is 3. The monoisotopic (exact) mass is 422 g/mol. The van der Waals surface area contributed by atoms with Crippen LogP contribution in [0.15, 0.2) is 64.0 Å². The lowest BCUT2D eigenvalue weighted by molar-refractivity contribution is -0.122. The van der Waals surface area contributed by atoms with Gasteiger partial charge in [-0.1, -0.05) is 46.3 Å². The summed E-state index contributed by atoms with van der Waals surface area (Å²) in [7, 11) is -3.79. The van der Waals surface area contributed by atoms with Crippen molar-refractivity contribution in [1.29, 1.82) is 0 Å². The lowest BCUT2D eigenvalue weighted by atomic mass is 10.1. The second-order valence-electron chi connectivity index (χ2n) is 6.10. The minimum absolute atomic E-state index is 0.132. The Morgan fingerprint density at radius 3 is 2.32 bits per heavy atom. The average Bonchev–Trinajstić information content (AvgIpc) is 3.39. The zero-order valence-corrected chi connectivity index (χ0v) is 15.9. The Balaban J connectivity index is 1.80. The summed E-state index contributed by atoms with van der Waals surface area (Å²) >= 11 is 3.29. The van der Waals surface area contributed by atoms with Crippen molar-refractivity contribution in [2.24, 2.45) is 0 Å². The predicted octanol–water partition coefficient (Wildman–Crippen LogP) is 2.62. The first-order chi connectivity index (χ1) is 11.9. The highest BCUT2D eigenvalue weighted by molar-refractivity contribution is 9.10. The molecular formula is C18H19BrN2O3S. The van der Waals surface area contributed by atoms with E-state index in [0.717, 1.165) is 22.9 Å². The topological polar surface area (TPSA) is 75.3 Å². The van der Waals surface area contributed by atoms with Gasteiger partial charge in [0, 0.05) is 10.5 Å². The van der Waals surface area contributed by atoms with Crippen LogP contribution in [0.4, 0.5) is 0 Å². The predicted molar refractivity (Wildman–Crippen MR) is 99.6 cm³/mol. The van der Waals surface area contributed by atoms with E-state index in [1.807, 2.05) is 30.3 Å². The van der Waals surface area contributed by atoms with Crippen molar-refractivity contribution in [3.8, 4) is 0 Å². The van der Waals surface area contributed by atoms with E-state index < -0.39 is 16.1 Å². The maximum absolute atomic E-state index is 12.6. The molecule has 2 aromatic carbocycles. The van der Waals surface area contributed by atoms with Gasteiger partial charge in [-0.05, 0) is 49.1 Å². The van der Waals surface area contributed by atoms with Crippen LogP contribution in [0.25, 0.3) is 0 Å². The Morgan fingerprint density at radius 2 is 1.72 bits per heavy atom. The number of amides is 1. The Labute approximate surface area is 156 Å². The van der Waals surface area contributed by atoms with Crippen molar-refractivity contribution >= 4 is 31.9 Å². The Hall–Kier alpha value is -1.70. The molecule has 1 aliphatic carbocycles. The highest BCUT2D eigenvalue weighted by atomic mass is 79.9. The number of benzene rings is 2. The lowest BCUT2D eigenvalue weighted by Crippen LogP contribution is -2.48. The van der Waals surface area contributed by atoms with Gasteiger partial charge in [0.15, 0.2) is 0 Å². The van der Waals surface area contributed by atoms with Crippen LogP contribution in [0.5, 0.6) is 0 Å². The number of carbonyl (C=O) groups excluding carboxylic acids is 1. The Kier molecular flexibility index (Phi) is 5.56. The molecule has 0 spiro atoms. The molecule has 1 saturated carbocycles. The first-order valence-electron chi connectivity index (χ1n) is 8.06. The minimum Gasteiger partial charge on any atom is -0.352 e. The molecule has 1 fully saturated rings. The Bertz CT molecular complexity index is 834. The normalized spacial score (nSPS) is 15.6. The smallest absolute Gasteiger partial charge is 0.241 e. The van der Waals surface area contributed by atoms with Crippen molar-refractivity contribution in [1.82, 2.24) is 10.0 Å². The van der Waals surface area contributed by atoms with E-state index in [1.165, 1.54) is 12.1 Å². The molecule has 132 valence electrons. The third-order valence-electron chi connectivity index (χ3n) is 3.94. The van der Waals surface area contributed by atoms with Crippen LogP contribution in [0, 0.1) is 0 Å². The summed E-state index contributed by atoms with van der Waals surface area (Å²) in [6.07, 6.45) is 2.20. The second kappa shape index (κ2) is 7.68. The molecular weight excluding hydrogens is 404 g/mol. The van der Waals surface area contributed by atoms with Gasteiger partial charge in [0.2, 0.25) is 15.9 Å². The van der Waals surface area contributed by atoms with Crippen LogP contribution in [0.2, 0.25) is 0 Å². The summed E-state index contributed by atoms with van der Waals surface area (Å²) < 4.78 is 28.6. The van der Waals surface area contributed by atoms with E-state index in [9.17, 15) is 13.2 Å². The Morgan fingerprint density at radius 1 is 1.08 bits per heavy atom. The van der Waals surface area contributed by atoms with E-state index >= 15 is 0 Å². The zero-order chi connectivity index (χ0) is 17.9. The molecule has 0 aromatic heterocycles. The van der Waals surface area contributed by atoms with E-state index in [4.69, 9.17) is 0 Å². The van der Waals surface area contributed by atoms with Crippen molar-refractivity contribution in [3.05, 3.63) is 64.6 Å². The number of rotatable bonds is 7. The summed E-state index contributed by atoms with van der Waals surface area (Å²) in [5.41, 5.74) is 0.900. The minimum atomic E-state index is -3.79. The summed E-state index contributed by atoms with van der Waals surface area (Å²) in [5, 5.41) is 2.88. The molecule has 0 unspecified atom stereocenters. The lowest BCUT2D eigenvalue weighted by Gasteiger charge is -2.19. The summed E-state index contributed by atoms with van der Waals surface area (Å²) in [6.45, 7) is 0. The summed E-state index contributed by atoms with van der Waals surface area (Å²) in [5.74, 6) is -0.285. The van der Waals surface area contributed by atoms with Crippen LogP contribution in [-0.4, -0.2) is 26.4 Å². The first-order valence-corrected chi connectivity index (χ1v) is 10.3. The van der Waals surface area contributed by atoms with E-state index in [0.29, 0.717) is 6.42 Å². The number of hydrogen-bond donors (Lipinski definition) is 2. The first kappa shape index (κ1) is 18.1. The van der Waals surface area contributed by atoms with Gasteiger partial charge < -0.3 is 5.32 Å². The molecule has 25 heavy (non-hydrogen) atoms. The molecule has 5 nitrogen and oxygen atoms in total. The van der Waals surface area contributed by atoms with Crippen molar-refractivity contribution in [3.63, 3.8) is 0 Å². The van der Waals surface area contributed by atoms with Gasteiger partial charge in [0.05, 0.1) is 4.90 Å². The third-order valence-corrected chi connectivity index (χ3v) is 5.96. The van der Waals surface area contributed by atoms with Gasteiger partial charge in [0.25, 0.3) is 0 Å². The fourth-order valence-corrected chi connectivity index (χ4v) is 3.90. The van der Waals surface area contributed by atoms with Crippen LogP contribution in [0.1, 0.15) is 18.4 Å². The van der Waals surface area contributed by atoms with Gasteiger partial charge in [-0.15, -0.1) is 0 Å². The standard InChI is InChI=1S/C18H19BrN2O3S/c19-14-6-10-16(11-7-14)25(23,24)21-17(18(22)20-15-8-9-15)12-13-4-2-1-3-5-13/h1-7,10-11,15,17,21H,8-9,12H2,(H,20,22)/t17-/m0/s1. The molecule has 2 aromatic rings. The maximum atomic E-state index is 12.6. The second-order valence-corrected chi connectivity index (χ2v) is 8.73. The highest BCUT2D eigenvalue weighted by Gasteiger charge is 2.30. The number of sulfonamides is 1. The quantitative estimate of drug-likeness (QED) is 0.719. The molecule has 0 aliphatic heterocycles. The fourth-order valence-electron chi connectivity index (χ4n) is 2.44. The maximum Gasteiger partial charge on any atom is 0.241 e. The molecule has 0 saturated heterocycles. The fraction of sp³-hybridized carbons (Fsp3) is 0.278. The SMILES string of the molecule is O=C(NC1CC1)[C@H](Cc1ccccc1)NS(=O)(=O)c1ccc(Br)cc1. The van der Waals surface area contributed by atoms with E-state index in [1.54, 1.807) is 12.1 Å². The van der Waals surface area contributed by atoms with E-state index in [2.05, 4.69) is 26.0 Å². The number of halogens is 1. The largest absolute Gasteiger partial charge is 0.352 e. The van der Waals surface area contributed by atoms with Gasteiger partial charge in [0.1, 0.15) is 6.04 Å². The zero-order valence-electron chi connectivity index (χ0n) is 13.5. The summed E-state index contributed by atoms with van der Waals surface area (Å²) in [4.78, 5) is 12.6. The van der Waals surface area contributed by atoms with Crippen LogP contribution in [0.3, 0.4) is 0 Å². The number of carbonyl (C=O) groups is 1. The molecule has 1 amide bonds. The van der Waals surface area contributed by atoms with Crippen LogP contribution < -0.4 is 10.0 Å². The van der Waals surface area contributed by atoms with Crippen molar-refractivity contribution in [2.75, 3.05) is 0 Å². The molecule has 1 atom stereocenters. The number of nitrogens with one attached hydrogen (secondary N) is 2. The van der Waals surface area contributed by atoms with Crippen LogP contribution in [-0.2, 0) is 21.2 Å². The molecule has 2 N–H and O–H groups in total. The van der Waals surface area contributed by atoms with E-state index in [-0.39, 0.29) is 16.8 Å². The van der Waals surface area contributed by atoms with Crippen molar-refractivity contribution < 1.29 is 13.2 Å². The van der Waals surface area contributed by atoms with Gasteiger partial charge >= 0.3 is 0 Å². The molecule has 3 rings (SSSR count). The summed E-state index contributed by atoms with van der Waals surface area (Å²) in [6, 6.07) is 15.0. The van der Waals surface area contributed by atoms with Gasteiger partial charge in [-0.3, -0.25) is 4.79 Å². The molecule has 7 heteroatoms. The molecule has 0 bridgehead atoms. The van der Waals surface area contributed by atoms with Crippen molar-refractivity contribution in [2.45, 2.75) is 36.2 Å². The average molecular weight is 423 g/mol. The third kappa shape index (κ3) is 5.14. The molecule has 0 heterocycles. The highest BCUT2D eigenvalue weighted by Crippen LogP contribution is 2.20. The molecule has 1 aliphatic rings. The van der Waals surface area contributed by atoms with Gasteiger partial charge in [-0.2, -0.15) is 4.72 Å².